The molecule has 3 heterocycles. The van der Waals surface area contributed by atoms with Crippen molar-refractivity contribution < 1.29 is 23.5 Å². The van der Waals surface area contributed by atoms with E-state index in [-0.39, 0.29) is 28.4 Å². The van der Waals surface area contributed by atoms with Gasteiger partial charge in [-0.25, -0.2) is 9.59 Å². The number of anilines is 1. The van der Waals surface area contributed by atoms with E-state index in [9.17, 15) is 14.4 Å². The van der Waals surface area contributed by atoms with Crippen LogP contribution in [0.2, 0.25) is 0 Å². The van der Waals surface area contributed by atoms with Crippen LogP contribution in [0.4, 0.5) is 5.69 Å². The van der Waals surface area contributed by atoms with Gasteiger partial charge in [-0.1, -0.05) is 30.3 Å². The Morgan fingerprint density at radius 3 is 2.57 bits per heavy atom. The second-order valence-corrected chi connectivity index (χ2v) is 7.05. The number of benzene rings is 2. The summed E-state index contributed by atoms with van der Waals surface area (Å²) in [6, 6.07) is 13.6. The Morgan fingerprint density at radius 1 is 1.10 bits per heavy atom. The monoisotopic (exact) mass is 404 g/mol. The summed E-state index contributed by atoms with van der Waals surface area (Å²) in [5.41, 5.74) is 4.43. The quantitative estimate of drug-likeness (QED) is 0.486. The van der Waals surface area contributed by atoms with Crippen molar-refractivity contribution in [2.45, 2.75) is 5.41 Å². The van der Waals surface area contributed by atoms with E-state index in [1.54, 1.807) is 55.6 Å². The van der Waals surface area contributed by atoms with E-state index in [0.717, 1.165) is 0 Å². The lowest BCUT2D eigenvalue weighted by Gasteiger charge is -2.34. The van der Waals surface area contributed by atoms with Crippen LogP contribution in [0.5, 0.6) is 5.75 Å². The molecule has 5 rings (SSSR count). The van der Waals surface area contributed by atoms with Gasteiger partial charge in [0.05, 0.1) is 12.5 Å². The lowest BCUT2D eigenvalue weighted by molar-refractivity contribution is -0.138. The first-order valence-corrected chi connectivity index (χ1v) is 9.13. The Labute approximate surface area is 170 Å². The first-order valence-electron chi connectivity index (χ1n) is 9.13. The molecule has 8 heteroatoms. The lowest BCUT2D eigenvalue weighted by atomic mass is 9.68. The van der Waals surface area contributed by atoms with Crippen molar-refractivity contribution >= 4 is 28.5 Å². The summed E-state index contributed by atoms with van der Waals surface area (Å²) in [5.74, 6) is -1.61. The lowest BCUT2D eigenvalue weighted by Crippen LogP contribution is -2.50. The molecule has 0 saturated heterocycles. The Balaban J connectivity index is 2.02. The molecule has 2 aromatic carbocycles. The number of hydrogen-bond donors (Lipinski definition) is 1. The van der Waals surface area contributed by atoms with E-state index in [1.165, 1.54) is 12.0 Å². The number of esters is 1. The molecule has 0 bridgehead atoms. The largest absolute Gasteiger partial charge is 0.465 e. The average molecular weight is 404 g/mol. The summed E-state index contributed by atoms with van der Waals surface area (Å²) in [6.45, 7) is 0. The molecule has 8 nitrogen and oxygen atoms in total. The number of hydrogen-bond acceptors (Lipinski definition) is 7. The Kier molecular flexibility index (Phi) is 3.58. The molecule has 2 N–H and O–H groups in total. The molecule has 1 amide bonds. The summed E-state index contributed by atoms with van der Waals surface area (Å²) in [6.07, 6.45) is 0. The summed E-state index contributed by atoms with van der Waals surface area (Å²) in [4.78, 5) is 41.2. The predicted molar refractivity (Wildman–Crippen MR) is 107 cm³/mol. The molecular formula is C22H16N2O6. The maximum absolute atomic E-state index is 13.8. The second-order valence-electron chi connectivity index (χ2n) is 7.05. The maximum Gasteiger partial charge on any atom is 0.345 e. The van der Waals surface area contributed by atoms with Gasteiger partial charge in [0.1, 0.15) is 22.1 Å². The predicted octanol–water partition coefficient (Wildman–Crippen LogP) is 1.79. The van der Waals surface area contributed by atoms with Gasteiger partial charge in [-0.05, 0) is 18.2 Å². The zero-order chi connectivity index (χ0) is 21.2. The van der Waals surface area contributed by atoms with Crippen LogP contribution >= 0.6 is 0 Å². The number of ether oxygens (including phenoxy) is 2. The fourth-order valence-corrected chi connectivity index (χ4v) is 4.42. The van der Waals surface area contributed by atoms with Gasteiger partial charge in [0, 0.05) is 18.3 Å². The van der Waals surface area contributed by atoms with E-state index in [0.29, 0.717) is 16.6 Å². The number of nitrogens with zero attached hydrogens (tertiary/aromatic N) is 1. The van der Waals surface area contributed by atoms with Crippen LogP contribution in [-0.4, -0.2) is 26.0 Å². The number of methoxy groups -OCH3 is 1. The molecule has 3 aromatic rings. The number of nitrogens with two attached hydrogens (primary N) is 1. The fraction of sp³-hybridized carbons (Fsp3) is 0.136. The minimum absolute atomic E-state index is 0.0884. The first kappa shape index (κ1) is 18.0. The molecule has 30 heavy (non-hydrogen) atoms. The highest BCUT2D eigenvalue weighted by molar-refractivity contribution is 6.18. The number of rotatable bonds is 1. The van der Waals surface area contributed by atoms with Crippen molar-refractivity contribution in [1.82, 2.24) is 0 Å². The number of para-hydroxylation sites is 2. The first-order chi connectivity index (χ1) is 14.4. The molecule has 2 aliphatic rings. The van der Waals surface area contributed by atoms with Gasteiger partial charge in [-0.3, -0.25) is 4.79 Å². The van der Waals surface area contributed by atoms with E-state index in [2.05, 4.69) is 0 Å². The summed E-state index contributed by atoms with van der Waals surface area (Å²) in [7, 11) is 2.74. The molecule has 0 fully saturated rings. The highest BCUT2D eigenvalue weighted by atomic mass is 16.5. The van der Waals surface area contributed by atoms with Crippen LogP contribution in [0, 0.1) is 0 Å². The highest BCUT2D eigenvalue weighted by Crippen LogP contribution is 2.55. The molecule has 0 saturated carbocycles. The number of carbonyl (C=O) groups excluding carboxylic acids is 2. The van der Waals surface area contributed by atoms with Crippen molar-refractivity contribution in [3.63, 3.8) is 0 Å². The summed E-state index contributed by atoms with van der Waals surface area (Å²) in [5, 5.41) is 0.457. The van der Waals surface area contributed by atoms with Crippen LogP contribution in [0.25, 0.3) is 11.0 Å². The zero-order valence-corrected chi connectivity index (χ0v) is 16.1. The molecule has 2 aliphatic heterocycles. The third-order valence-electron chi connectivity index (χ3n) is 5.66. The molecule has 0 unspecified atom stereocenters. The molecule has 1 atom stereocenters. The van der Waals surface area contributed by atoms with Gasteiger partial charge >= 0.3 is 11.6 Å². The van der Waals surface area contributed by atoms with Crippen molar-refractivity contribution in [2.75, 3.05) is 19.1 Å². The normalized spacial score (nSPS) is 19.7. The van der Waals surface area contributed by atoms with Crippen LogP contribution in [-0.2, 0) is 19.7 Å². The van der Waals surface area contributed by atoms with Crippen LogP contribution < -0.4 is 21.0 Å². The fourth-order valence-electron chi connectivity index (χ4n) is 4.42. The number of amides is 1. The zero-order valence-electron chi connectivity index (χ0n) is 16.1. The standard InChI is InChI=1S/C22H16N2O6/c1-24-13-9-5-4-8-12(13)22(21(24)27)15-17(30-18(23)16(22)19(25)28-2)11-7-3-6-10-14(11)29-20(15)26/h3-10H,23H2,1-2H3/t22-/m1/s1. The minimum Gasteiger partial charge on any atom is -0.465 e. The van der Waals surface area contributed by atoms with Crippen molar-refractivity contribution in [2.24, 2.45) is 5.73 Å². The number of likely N-dealkylation sites (N-methyl/N-ethyl adjacent to an activating group) is 1. The summed E-state index contributed by atoms with van der Waals surface area (Å²) < 4.78 is 16.2. The van der Waals surface area contributed by atoms with Crippen LogP contribution in [0.1, 0.15) is 11.1 Å². The number of carbonyl (C=O) groups is 2. The van der Waals surface area contributed by atoms with Crippen molar-refractivity contribution in [1.29, 1.82) is 0 Å². The third-order valence-corrected chi connectivity index (χ3v) is 5.66. The third kappa shape index (κ3) is 1.97. The molecule has 0 aliphatic carbocycles. The van der Waals surface area contributed by atoms with E-state index in [4.69, 9.17) is 19.6 Å². The van der Waals surface area contributed by atoms with Gasteiger partial charge < -0.3 is 24.5 Å². The SMILES string of the molecule is COC(=O)C1=C(N)Oc2c(c(=O)oc3ccccc23)[C@@]12C(=O)N(C)c1ccccc12. The van der Waals surface area contributed by atoms with Gasteiger partial charge in [0.2, 0.25) is 11.8 Å². The maximum atomic E-state index is 13.8. The van der Waals surface area contributed by atoms with E-state index in [1.807, 2.05) is 0 Å². The highest BCUT2D eigenvalue weighted by Gasteiger charge is 2.62. The molecule has 0 radical (unpaired) electrons. The molecule has 150 valence electrons. The van der Waals surface area contributed by atoms with E-state index < -0.39 is 22.9 Å². The summed E-state index contributed by atoms with van der Waals surface area (Å²) >= 11 is 0. The van der Waals surface area contributed by atoms with Gasteiger partial charge in [-0.15, -0.1) is 0 Å². The minimum atomic E-state index is -1.85. The average Bonchev–Trinajstić information content (AvgIpc) is 2.96. The Hall–Kier alpha value is -4.07. The second kappa shape index (κ2) is 5.96. The van der Waals surface area contributed by atoms with Gasteiger partial charge in [-0.2, -0.15) is 0 Å². The van der Waals surface area contributed by atoms with E-state index >= 15 is 0 Å². The smallest absolute Gasteiger partial charge is 0.345 e. The Bertz CT molecular complexity index is 1360. The van der Waals surface area contributed by atoms with Crippen LogP contribution in [0.3, 0.4) is 0 Å². The van der Waals surface area contributed by atoms with Crippen molar-refractivity contribution in [3.8, 4) is 5.75 Å². The molecule has 1 spiro atoms. The van der Waals surface area contributed by atoms with Crippen molar-refractivity contribution in [3.05, 3.63) is 81.5 Å². The molecular weight excluding hydrogens is 388 g/mol. The Morgan fingerprint density at radius 2 is 1.80 bits per heavy atom. The molecule has 1 aromatic heterocycles. The number of fused-ring (bicyclic) bond motifs is 6. The van der Waals surface area contributed by atoms with Gasteiger partial charge in [0.15, 0.2) is 5.75 Å². The van der Waals surface area contributed by atoms with Crippen LogP contribution in [0.15, 0.2) is 69.2 Å². The topological polar surface area (TPSA) is 112 Å². The van der Waals surface area contributed by atoms with Gasteiger partial charge in [0.25, 0.3) is 0 Å².